The van der Waals surface area contributed by atoms with Crippen LogP contribution in [0.1, 0.15) is 12.8 Å². The summed E-state index contributed by atoms with van der Waals surface area (Å²) in [4.78, 5) is 2.40. The molecule has 0 atom stereocenters. The number of nitrogens with two attached hydrogens (primary N) is 1. The molecule has 0 unspecified atom stereocenters. The fourth-order valence-electron chi connectivity index (χ4n) is 2.14. The van der Waals surface area contributed by atoms with E-state index < -0.39 is 8.80 Å². The Labute approximate surface area is 117 Å². The van der Waals surface area contributed by atoms with Gasteiger partial charge in [-0.2, -0.15) is 0 Å². The zero-order chi connectivity index (χ0) is 14.0. The van der Waals surface area contributed by atoms with Crippen LogP contribution in [0.4, 0.5) is 0 Å². The van der Waals surface area contributed by atoms with Gasteiger partial charge < -0.3 is 23.7 Å². The predicted molar refractivity (Wildman–Crippen MR) is 76.1 cm³/mol. The third-order valence-corrected chi connectivity index (χ3v) is 6.21. The minimum absolute atomic E-state index is 0.638. The van der Waals surface area contributed by atoms with Gasteiger partial charge in [0, 0.05) is 46.5 Å². The van der Waals surface area contributed by atoms with E-state index in [9.17, 15) is 0 Å². The first-order chi connectivity index (χ1) is 9.26. The van der Waals surface area contributed by atoms with Crippen molar-refractivity contribution >= 4 is 8.80 Å². The lowest BCUT2D eigenvalue weighted by atomic mass is 10.3. The zero-order valence-corrected chi connectivity index (χ0v) is 13.2. The van der Waals surface area contributed by atoms with Gasteiger partial charge in [-0.15, -0.1) is 0 Å². The second kappa shape index (κ2) is 9.81. The second-order valence-electron chi connectivity index (χ2n) is 4.64. The average molecular weight is 292 g/mol. The maximum Gasteiger partial charge on any atom is 0.500 e. The lowest BCUT2D eigenvalue weighted by Gasteiger charge is -2.28. The van der Waals surface area contributed by atoms with E-state index >= 15 is 0 Å². The van der Waals surface area contributed by atoms with Gasteiger partial charge in [0.25, 0.3) is 0 Å². The summed E-state index contributed by atoms with van der Waals surface area (Å²) in [6.07, 6.45) is 1.86. The van der Waals surface area contributed by atoms with Gasteiger partial charge in [0.1, 0.15) is 0 Å². The first-order valence-corrected chi connectivity index (χ1v) is 8.94. The Morgan fingerprint density at radius 3 is 2.42 bits per heavy atom. The molecule has 0 aromatic rings. The van der Waals surface area contributed by atoms with Crippen molar-refractivity contribution in [2.24, 2.45) is 5.73 Å². The highest BCUT2D eigenvalue weighted by molar-refractivity contribution is 6.60. The predicted octanol–water partition coefficient (Wildman–Crippen LogP) is 0.306. The topological polar surface area (TPSA) is 66.2 Å². The molecule has 2 N–H and O–H groups in total. The van der Waals surface area contributed by atoms with Crippen LogP contribution >= 0.6 is 0 Å². The van der Waals surface area contributed by atoms with E-state index in [2.05, 4.69) is 4.90 Å². The van der Waals surface area contributed by atoms with E-state index in [1.54, 1.807) is 14.2 Å². The molecule has 114 valence electrons. The lowest BCUT2D eigenvalue weighted by molar-refractivity contribution is 0.0326. The highest BCUT2D eigenvalue weighted by Crippen LogP contribution is 2.16. The van der Waals surface area contributed by atoms with Crippen molar-refractivity contribution in [3.05, 3.63) is 0 Å². The lowest BCUT2D eigenvalue weighted by Crippen LogP contribution is -2.45. The Morgan fingerprint density at radius 1 is 1.16 bits per heavy atom. The number of hydrogen-bond acceptors (Lipinski definition) is 6. The summed E-state index contributed by atoms with van der Waals surface area (Å²) in [6, 6.07) is 0.786. The highest BCUT2D eigenvalue weighted by Gasteiger charge is 2.37. The Bertz CT molecular complexity index is 224. The molecule has 1 aliphatic heterocycles. The van der Waals surface area contributed by atoms with Gasteiger partial charge in [0.15, 0.2) is 0 Å². The van der Waals surface area contributed by atoms with Crippen LogP contribution < -0.4 is 5.73 Å². The Kier molecular flexibility index (Phi) is 8.80. The van der Waals surface area contributed by atoms with Gasteiger partial charge >= 0.3 is 8.80 Å². The minimum atomic E-state index is -2.47. The van der Waals surface area contributed by atoms with Crippen molar-refractivity contribution in [3.63, 3.8) is 0 Å². The molecule has 0 bridgehead atoms. The van der Waals surface area contributed by atoms with E-state index in [1.807, 2.05) is 0 Å². The molecular weight excluding hydrogens is 264 g/mol. The number of hydrogen-bond donors (Lipinski definition) is 1. The molecule has 0 aromatic heterocycles. The molecule has 0 radical (unpaired) electrons. The SMILES string of the molecule is CO[Si](CCCN)(OC)OCCCN1CCOCC1. The van der Waals surface area contributed by atoms with Crippen molar-refractivity contribution in [2.45, 2.75) is 18.9 Å². The van der Waals surface area contributed by atoms with E-state index in [4.69, 9.17) is 23.7 Å². The zero-order valence-electron chi connectivity index (χ0n) is 12.2. The van der Waals surface area contributed by atoms with E-state index in [0.717, 1.165) is 51.7 Å². The summed E-state index contributed by atoms with van der Waals surface area (Å²) < 4.78 is 22.2. The maximum absolute atomic E-state index is 5.90. The molecular formula is C12H28N2O4Si. The molecule has 1 saturated heterocycles. The second-order valence-corrected chi connectivity index (χ2v) is 7.61. The molecule has 1 heterocycles. The van der Waals surface area contributed by atoms with Crippen LogP contribution in [0.5, 0.6) is 0 Å². The molecule has 19 heavy (non-hydrogen) atoms. The minimum Gasteiger partial charge on any atom is -0.379 e. The van der Waals surface area contributed by atoms with Gasteiger partial charge in [-0.1, -0.05) is 0 Å². The van der Waals surface area contributed by atoms with Crippen LogP contribution in [-0.4, -0.2) is 73.9 Å². The molecule has 1 fully saturated rings. The fourth-order valence-corrected chi connectivity index (χ4v) is 4.18. The third kappa shape index (κ3) is 6.31. The van der Waals surface area contributed by atoms with Crippen LogP contribution in [-0.2, 0) is 18.0 Å². The summed E-state index contributed by atoms with van der Waals surface area (Å²) in [6.45, 7) is 6.07. The Morgan fingerprint density at radius 2 is 1.84 bits per heavy atom. The smallest absolute Gasteiger partial charge is 0.379 e. The molecule has 0 saturated carbocycles. The normalized spacial score (nSPS) is 17.8. The van der Waals surface area contributed by atoms with Gasteiger partial charge in [-0.3, -0.25) is 4.90 Å². The van der Waals surface area contributed by atoms with Crippen LogP contribution in [0, 0.1) is 0 Å². The molecule has 0 spiro atoms. The quantitative estimate of drug-likeness (QED) is 0.462. The van der Waals surface area contributed by atoms with Crippen molar-refractivity contribution in [1.29, 1.82) is 0 Å². The fraction of sp³-hybridized carbons (Fsp3) is 1.00. The standard InChI is InChI=1S/C12H28N2O4Si/c1-15-19(16-2,12-3-5-13)18-9-4-6-14-7-10-17-11-8-14/h3-13H2,1-2H3. The molecule has 0 aliphatic carbocycles. The first kappa shape index (κ1) is 17.0. The van der Waals surface area contributed by atoms with Crippen molar-refractivity contribution in [3.8, 4) is 0 Å². The maximum atomic E-state index is 5.90. The number of nitrogens with zero attached hydrogens (tertiary/aromatic N) is 1. The van der Waals surface area contributed by atoms with E-state index in [1.165, 1.54) is 0 Å². The molecule has 0 aromatic carbocycles. The van der Waals surface area contributed by atoms with Crippen LogP contribution in [0.2, 0.25) is 6.04 Å². The highest BCUT2D eigenvalue weighted by atomic mass is 28.4. The summed E-state index contributed by atoms with van der Waals surface area (Å²) in [5.41, 5.74) is 5.53. The summed E-state index contributed by atoms with van der Waals surface area (Å²) >= 11 is 0. The summed E-state index contributed by atoms with van der Waals surface area (Å²) in [7, 11) is 0.848. The third-order valence-electron chi connectivity index (χ3n) is 3.35. The van der Waals surface area contributed by atoms with Crippen LogP contribution in [0.25, 0.3) is 0 Å². The molecule has 6 nitrogen and oxygen atoms in total. The van der Waals surface area contributed by atoms with Gasteiger partial charge in [-0.25, -0.2) is 0 Å². The Hall–Kier alpha value is -0.0231. The molecule has 1 aliphatic rings. The van der Waals surface area contributed by atoms with Crippen LogP contribution in [0.15, 0.2) is 0 Å². The molecule has 1 rings (SSSR count). The largest absolute Gasteiger partial charge is 0.500 e. The number of rotatable bonds is 10. The van der Waals surface area contributed by atoms with Gasteiger partial charge in [0.05, 0.1) is 13.2 Å². The van der Waals surface area contributed by atoms with E-state index in [0.29, 0.717) is 13.2 Å². The molecule has 7 heteroatoms. The average Bonchev–Trinajstić information content (AvgIpc) is 2.48. The van der Waals surface area contributed by atoms with Crippen LogP contribution in [0.3, 0.4) is 0 Å². The monoisotopic (exact) mass is 292 g/mol. The summed E-state index contributed by atoms with van der Waals surface area (Å²) in [5.74, 6) is 0. The molecule has 0 amide bonds. The van der Waals surface area contributed by atoms with Crippen molar-refractivity contribution in [1.82, 2.24) is 4.90 Å². The Balaban J connectivity index is 2.19. The summed E-state index contributed by atoms with van der Waals surface area (Å²) in [5, 5.41) is 0. The van der Waals surface area contributed by atoms with Gasteiger partial charge in [0.2, 0.25) is 0 Å². The first-order valence-electron chi connectivity index (χ1n) is 7.01. The number of ether oxygens (including phenoxy) is 1. The van der Waals surface area contributed by atoms with Crippen molar-refractivity contribution < 1.29 is 18.0 Å². The van der Waals surface area contributed by atoms with E-state index in [-0.39, 0.29) is 0 Å². The van der Waals surface area contributed by atoms with Gasteiger partial charge in [-0.05, 0) is 19.4 Å². The van der Waals surface area contributed by atoms with Crippen molar-refractivity contribution in [2.75, 3.05) is 60.2 Å². The number of morpholine rings is 1.